The topological polar surface area (TPSA) is 79.0 Å². The molecule has 29 heavy (non-hydrogen) atoms. The summed E-state index contributed by atoms with van der Waals surface area (Å²) in [5.41, 5.74) is 2.35. The van der Waals surface area contributed by atoms with Gasteiger partial charge in [-0.2, -0.15) is 0 Å². The summed E-state index contributed by atoms with van der Waals surface area (Å²) < 4.78 is 5.58. The smallest absolute Gasteiger partial charge is 0.411 e. The SMILES string of the molecule is CC(=O)NCN1CC(C2Cc3ccccc3N2C(=O)c2ccc(Cl)cc2)OC1=O. The molecule has 0 bridgehead atoms. The van der Waals surface area contributed by atoms with Gasteiger partial charge in [-0.15, -0.1) is 0 Å². The Balaban J connectivity index is 1.61. The predicted octanol–water partition coefficient (Wildman–Crippen LogP) is 2.83. The minimum Gasteiger partial charge on any atom is -0.442 e. The number of carbonyl (C=O) groups excluding carboxylic acids is 3. The zero-order valence-electron chi connectivity index (χ0n) is 15.8. The Bertz CT molecular complexity index is 963. The van der Waals surface area contributed by atoms with Crippen molar-refractivity contribution in [2.45, 2.75) is 25.5 Å². The molecule has 7 nitrogen and oxygen atoms in total. The molecule has 4 rings (SSSR count). The zero-order valence-corrected chi connectivity index (χ0v) is 16.6. The van der Waals surface area contributed by atoms with Crippen LogP contribution in [0.3, 0.4) is 0 Å². The molecule has 2 aliphatic rings. The van der Waals surface area contributed by atoms with Gasteiger partial charge in [0.15, 0.2) is 0 Å². The highest BCUT2D eigenvalue weighted by Gasteiger charge is 2.45. The lowest BCUT2D eigenvalue weighted by Crippen LogP contribution is -2.47. The van der Waals surface area contributed by atoms with Gasteiger partial charge in [0, 0.05) is 23.2 Å². The Morgan fingerprint density at radius 3 is 2.62 bits per heavy atom. The molecular weight excluding hydrogens is 394 g/mol. The maximum atomic E-state index is 13.3. The number of hydrogen-bond acceptors (Lipinski definition) is 4. The first-order valence-electron chi connectivity index (χ1n) is 9.31. The molecule has 0 aromatic heterocycles. The van der Waals surface area contributed by atoms with Crippen molar-refractivity contribution >= 4 is 35.2 Å². The molecule has 1 saturated heterocycles. The molecule has 0 radical (unpaired) electrons. The number of nitrogens with one attached hydrogen (secondary N) is 1. The van der Waals surface area contributed by atoms with Crippen molar-refractivity contribution in [1.82, 2.24) is 10.2 Å². The monoisotopic (exact) mass is 413 g/mol. The highest BCUT2D eigenvalue weighted by atomic mass is 35.5. The average Bonchev–Trinajstić information content (AvgIpc) is 3.26. The van der Waals surface area contributed by atoms with E-state index in [1.54, 1.807) is 29.2 Å². The Morgan fingerprint density at radius 2 is 1.90 bits per heavy atom. The van der Waals surface area contributed by atoms with Crippen molar-refractivity contribution in [1.29, 1.82) is 0 Å². The van der Waals surface area contributed by atoms with E-state index in [4.69, 9.17) is 16.3 Å². The summed E-state index contributed by atoms with van der Waals surface area (Å²) in [7, 11) is 0. The van der Waals surface area contributed by atoms with Gasteiger partial charge in [0.05, 0.1) is 19.3 Å². The number of cyclic esters (lactones) is 1. The van der Waals surface area contributed by atoms with Gasteiger partial charge in [0.1, 0.15) is 6.10 Å². The standard InChI is InChI=1S/C21H20ClN3O4/c1-13(26)23-12-24-11-19(29-21(24)28)18-10-15-4-2-3-5-17(15)25(18)20(27)14-6-8-16(22)9-7-14/h2-9,18-19H,10-12H2,1H3,(H,23,26). The molecule has 0 spiro atoms. The van der Waals surface area contributed by atoms with Crippen LogP contribution in [0.1, 0.15) is 22.8 Å². The van der Waals surface area contributed by atoms with Crippen molar-refractivity contribution in [2.75, 3.05) is 18.1 Å². The molecule has 0 saturated carbocycles. The minimum atomic E-state index is -0.501. The third-order valence-electron chi connectivity index (χ3n) is 5.18. The largest absolute Gasteiger partial charge is 0.442 e. The number of rotatable bonds is 4. The van der Waals surface area contributed by atoms with E-state index in [0.717, 1.165) is 11.3 Å². The van der Waals surface area contributed by atoms with E-state index in [0.29, 0.717) is 23.6 Å². The van der Waals surface area contributed by atoms with Crippen molar-refractivity contribution in [3.05, 3.63) is 64.7 Å². The molecule has 2 heterocycles. The first kappa shape index (κ1) is 19.3. The van der Waals surface area contributed by atoms with Crippen LogP contribution in [-0.4, -0.2) is 48.2 Å². The quantitative estimate of drug-likeness (QED) is 0.835. The number of carbonyl (C=O) groups is 3. The minimum absolute atomic E-state index is 0.0788. The van der Waals surface area contributed by atoms with Gasteiger partial charge < -0.3 is 15.0 Å². The van der Waals surface area contributed by atoms with Crippen molar-refractivity contribution in [3.63, 3.8) is 0 Å². The molecule has 1 N–H and O–H groups in total. The van der Waals surface area contributed by atoms with Crippen molar-refractivity contribution in [2.24, 2.45) is 0 Å². The van der Waals surface area contributed by atoms with Crippen molar-refractivity contribution in [3.8, 4) is 0 Å². The molecule has 150 valence electrons. The number of para-hydroxylation sites is 1. The maximum absolute atomic E-state index is 13.3. The summed E-state index contributed by atoms with van der Waals surface area (Å²) in [5, 5.41) is 3.16. The van der Waals surface area contributed by atoms with Crippen LogP contribution in [0, 0.1) is 0 Å². The van der Waals surface area contributed by atoms with Gasteiger partial charge in [-0.05, 0) is 42.3 Å². The molecule has 1 fully saturated rings. The van der Waals surface area contributed by atoms with Crippen LogP contribution < -0.4 is 10.2 Å². The molecule has 0 aliphatic carbocycles. The summed E-state index contributed by atoms with van der Waals surface area (Å²) in [6, 6.07) is 14.1. The average molecular weight is 414 g/mol. The number of benzene rings is 2. The fraction of sp³-hybridized carbons (Fsp3) is 0.286. The van der Waals surface area contributed by atoms with E-state index >= 15 is 0 Å². The van der Waals surface area contributed by atoms with E-state index in [1.165, 1.54) is 11.8 Å². The van der Waals surface area contributed by atoms with Crippen molar-refractivity contribution < 1.29 is 19.1 Å². The highest BCUT2D eigenvalue weighted by Crippen LogP contribution is 2.36. The summed E-state index contributed by atoms with van der Waals surface area (Å²) in [6.07, 6.45) is -0.417. The van der Waals surface area contributed by atoms with E-state index in [9.17, 15) is 14.4 Å². The molecular formula is C21H20ClN3O4. The van der Waals surface area contributed by atoms with Crippen LogP contribution in [0.4, 0.5) is 10.5 Å². The third kappa shape index (κ3) is 3.78. The van der Waals surface area contributed by atoms with E-state index in [-0.39, 0.29) is 24.5 Å². The molecule has 2 aliphatic heterocycles. The molecule has 2 unspecified atom stereocenters. The molecule has 3 amide bonds. The number of halogens is 1. The molecule has 2 aromatic carbocycles. The van der Waals surface area contributed by atoms with Crippen LogP contribution in [0.2, 0.25) is 5.02 Å². The van der Waals surface area contributed by atoms with Gasteiger partial charge in [-0.3, -0.25) is 14.5 Å². The first-order valence-corrected chi connectivity index (χ1v) is 9.69. The third-order valence-corrected chi connectivity index (χ3v) is 5.43. The lowest BCUT2D eigenvalue weighted by molar-refractivity contribution is -0.119. The number of amides is 3. The fourth-order valence-electron chi connectivity index (χ4n) is 3.77. The lowest BCUT2D eigenvalue weighted by Gasteiger charge is -2.29. The summed E-state index contributed by atoms with van der Waals surface area (Å²) >= 11 is 5.96. The second-order valence-electron chi connectivity index (χ2n) is 7.12. The summed E-state index contributed by atoms with van der Waals surface area (Å²) in [6.45, 7) is 1.76. The van der Waals surface area contributed by atoms with Gasteiger partial charge in [-0.1, -0.05) is 29.8 Å². The number of anilines is 1. The Kier molecular flexibility index (Phi) is 5.15. The van der Waals surface area contributed by atoms with Crippen LogP contribution in [0.15, 0.2) is 48.5 Å². The van der Waals surface area contributed by atoms with Gasteiger partial charge in [0.2, 0.25) is 5.91 Å². The number of fused-ring (bicyclic) bond motifs is 1. The van der Waals surface area contributed by atoms with Crippen LogP contribution in [-0.2, 0) is 16.0 Å². The van der Waals surface area contributed by atoms with E-state index in [1.807, 2.05) is 24.3 Å². The molecule has 2 atom stereocenters. The van der Waals surface area contributed by atoms with Crippen LogP contribution in [0.25, 0.3) is 0 Å². The first-order chi connectivity index (χ1) is 13.9. The zero-order chi connectivity index (χ0) is 20.5. The van der Waals surface area contributed by atoms with Crippen LogP contribution >= 0.6 is 11.6 Å². The van der Waals surface area contributed by atoms with Crippen LogP contribution in [0.5, 0.6) is 0 Å². The van der Waals surface area contributed by atoms with E-state index < -0.39 is 12.2 Å². The highest BCUT2D eigenvalue weighted by molar-refractivity contribution is 6.30. The Labute approximate surface area is 173 Å². The number of hydrogen-bond donors (Lipinski definition) is 1. The van der Waals surface area contributed by atoms with E-state index in [2.05, 4.69) is 5.32 Å². The second-order valence-corrected chi connectivity index (χ2v) is 7.55. The van der Waals surface area contributed by atoms with Gasteiger partial charge in [-0.25, -0.2) is 4.79 Å². The molecule has 2 aromatic rings. The number of nitrogens with zero attached hydrogens (tertiary/aromatic N) is 2. The maximum Gasteiger partial charge on any atom is 0.411 e. The van der Waals surface area contributed by atoms with Gasteiger partial charge >= 0.3 is 6.09 Å². The summed E-state index contributed by atoms with van der Waals surface area (Å²) in [4.78, 5) is 39.9. The predicted molar refractivity (Wildman–Crippen MR) is 108 cm³/mol. The normalized spacial score (nSPS) is 20.4. The lowest BCUT2D eigenvalue weighted by atomic mass is 10.0. The Morgan fingerprint density at radius 1 is 1.17 bits per heavy atom. The Hall–Kier alpha value is -3.06. The number of ether oxygens (including phenoxy) is 1. The fourth-order valence-corrected chi connectivity index (χ4v) is 3.90. The second kappa shape index (κ2) is 7.75. The molecule has 8 heteroatoms. The summed E-state index contributed by atoms with van der Waals surface area (Å²) in [5.74, 6) is -0.401. The van der Waals surface area contributed by atoms with Gasteiger partial charge in [0.25, 0.3) is 5.91 Å².